The summed E-state index contributed by atoms with van der Waals surface area (Å²) in [4.78, 5) is 0. The number of benzene rings is 1. The molecule has 1 unspecified atom stereocenters. The van der Waals surface area contributed by atoms with Crippen LogP contribution in [0.2, 0.25) is 0 Å². The van der Waals surface area contributed by atoms with E-state index >= 15 is 0 Å². The molecule has 1 saturated heterocycles. The summed E-state index contributed by atoms with van der Waals surface area (Å²) in [7, 11) is 0. The van der Waals surface area contributed by atoms with Gasteiger partial charge in [0.2, 0.25) is 0 Å². The molecule has 1 aliphatic rings. The monoisotopic (exact) mass is 263 g/mol. The van der Waals surface area contributed by atoms with Crippen LogP contribution in [-0.4, -0.2) is 31.4 Å². The van der Waals surface area contributed by atoms with Gasteiger partial charge in [-0.2, -0.15) is 0 Å². The van der Waals surface area contributed by atoms with Gasteiger partial charge >= 0.3 is 0 Å². The summed E-state index contributed by atoms with van der Waals surface area (Å²) in [6.45, 7) is 11.6. The zero-order valence-corrected chi connectivity index (χ0v) is 12.5. The molecule has 3 nitrogen and oxygen atoms in total. The van der Waals surface area contributed by atoms with Crippen LogP contribution in [0.1, 0.15) is 30.5 Å². The summed E-state index contributed by atoms with van der Waals surface area (Å²) >= 11 is 0. The van der Waals surface area contributed by atoms with Crippen molar-refractivity contribution in [2.75, 3.05) is 19.7 Å². The lowest BCUT2D eigenvalue weighted by atomic mass is 10.0. The van der Waals surface area contributed by atoms with Gasteiger partial charge < -0.3 is 14.8 Å². The number of rotatable bonds is 4. The van der Waals surface area contributed by atoms with Crippen molar-refractivity contribution in [3.8, 4) is 0 Å². The molecule has 0 aromatic heterocycles. The second kappa shape index (κ2) is 6.04. The second-order valence-electron chi connectivity index (χ2n) is 6.02. The van der Waals surface area contributed by atoms with Crippen LogP contribution in [-0.2, 0) is 16.1 Å². The SMILES string of the molecule is Cc1cccc(C)c1COCC1CNCC(C)(C)O1. The lowest BCUT2D eigenvalue weighted by Crippen LogP contribution is -2.51. The molecule has 2 rings (SSSR count). The quantitative estimate of drug-likeness (QED) is 0.905. The van der Waals surface area contributed by atoms with Crippen LogP contribution in [0.3, 0.4) is 0 Å². The van der Waals surface area contributed by atoms with Crippen LogP contribution >= 0.6 is 0 Å². The van der Waals surface area contributed by atoms with Gasteiger partial charge in [0.15, 0.2) is 0 Å². The fourth-order valence-corrected chi connectivity index (χ4v) is 2.53. The van der Waals surface area contributed by atoms with Gasteiger partial charge in [-0.3, -0.25) is 0 Å². The molecule has 1 fully saturated rings. The Balaban J connectivity index is 1.83. The Bertz CT molecular complexity index is 409. The minimum absolute atomic E-state index is 0.0924. The van der Waals surface area contributed by atoms with E-state index in [0.717, 1.165) is 13.1 Å². The predicted molar refractivity (Wildman–Crippen MR) is 77.4 cm³/mol. The fraction of sp³-hybridized carbons (Fsp3) is 0.625. The van der Waals surface area contributed by atoms with Gasteiger partial charge in [-0.1, -0.05) is 18.2 Å². The molecule has 0 aliphatic carbocycles. The lowest BCUT2D eigenvalue weighted by molar-refractivity contribution is -0.122. The minimum atomic E-state index is -0.0924. The van der Waals surface area contributed by atoms with Gasteiger partial charge in [0.05, 0.1) is 24.9 Å². The third-order valence-corrected chi connectivity index (χ3v) is 3.60. The Morgan fingerprint density at radius 1 is 1.32 bits per heavy atom. The molecular weight excluding hydrogens is 238 g/mol. The average Bonchev–Trinajstić information content (AvgIpc) is 2.32. The molecule has 0 spiro atoms. The van der Waals surface area contributed by atoms with Gasteiger partial charge in [0, 0.05) is 13.1 Å². The van der Waals surface area contributed by atoms with E-state index < -0.39 is 0 Å². The number of aryl methyl sites for hydroxylation is 2. The van der Waals surface area contributed by atoms with Crippen LogP contribution in [0.25, 0.3) is 0 Å². The van der Waals surface area contributed by atoms with Crippen molar-refractivity contribution in [1.82, 2.24) is 5.32 Å². The molecule has 0 amide bonds. The van der Waals surface area contributed by atoms with Gasteiger partial charge in [-0.25, -0.2) is 0 Å². The lowest BCUT2D eigenvalue weighted by Gasteiger charge is -2.36. The number of ether oxygens (including phenoxy) is 2. The standard InChI is InChI=1S/C16H25NO2/c1-12-6-5-7-13(2)15(12)10-18-9-14-8-17-11-16(3,4)19-14/h5-7,14,17H,8-11H2,1-4H3. The summed E-state index contributed by atoms with van der Waals surface area (Å²) in [6.07, 6.45) is 0.146. The van der Waals surface area contributed by atoms with E-state index in [1.807, 2.05) is 0 Å². The van der Waals surface area contributed by atoms with Crippen LogP contribution in [0, 0.1) is 13.8 Å². The Morgan fingerprint density at radius 3 is 2.63 bits per heavy atom. The van der Waals surface area contributed by atoms with E-state index in [9.17, 15) is 0 Å². The molecule has 1 N–H and O–H groups in total. The summed E-state index contributed by atoms with van der Waals surface area (Å²) in [5.41, 5.74) is 3.79. The number of hydrogen-bond donors (Lipinski definition) is 1. The van der Waals surface area contributed by atoms with Crippen molar-refractivity contribution >= 4 is 0 Å². The van der Waals surface area contributed by atoms with E-state index in [2.05, 4.69) is 51.2 Å². The Labute approximate surface area is 116 Å². The number of hydrogen-bond acceptors (Lipinski definition) is 3. The zero-order valence-electron chi connectivity index (χ0n) is 12.5. The maximum atomic E-state index is 5.98. The molecule has 106 valence electrons. The van der Waals surface area contributed by atoms with Crippen LogP contribution in [0.15, 0.2) is 18.2 Å². The molecule has 3 heteroatoms. The maximum absolute atomic E-state index is 5.98. The summed E-state index contributed by atoms with van der Waals surface area (Å²) in [5.74, 6) is 0. The molecule has 1 aromatic rings. The molecule has 0 radical (unpaired) electrons. The first-order chi connectivity index (χ1) is 8.98. The Hall–Kier alpha value is -0.900. The highest BCUT2D eigenvalue weighted by molar-refractivity contribution is 5.32. The molecule has 0 saturated carbocycles. The summed E-state index contributed by atoms with van der Waals surface area (Å²) in [5, 5.41) is 3.39. The third-order valence-electron chi connectivity index (χ3n) is 3.60. The van der Waals surface area contributed by atoms with E-state index in [-0.39, 0.29) is 11.7 Å². The minimum Gasteiger partial charge on any atom is -0.374 e. The van der Waals surface area contributed by atoms with Crippen molar-refractivity contribution in [1.29, 1.82) is 0 Å². The van der Waals surface area contributed by atoms with Crippen LogP contribution in [0.5, 0.6) is 0 Å². The van der Waals surface area contributed by atoms with Crippen molar-refractivity contribution in [3.63, 3.8) is 0 Å². The van der Waals surface area contributed by atoms with Gasteiger partial charge in [-0.15, -0.1) is 0 Å². The molecule has 0 bridgehead atoms. The molecule has 19 heavy (non-hydrogen) atoms. The number of morpholine rings is 1. The number of nitrogens with one attached hydrogen (secondary N) is 1. The first kappa shape index (κ1) is 14.5. The van der Waals surface area contributed by atoms with Crippen molar-refractivity contribution < 1.29 is 9.47 Å². The van der Waals surface area contributed by atoms with E-state index in [0.29, 0.717) is 13.2 Å². The van der Waals surface area contributed by atoms with E-state index in [4.69, 9.17) is 9.47 Å². The highest BCUT2D eigenvalue weighted by Crippen LogP contribution is 2.17. The van der Waals surface area contributed by atoms with Crippen LogP contribution < -0.4 is 5.32 Å². The maximum Gasteiger partial charge on any atom is 0.0940 e. The smallest absolute Gasteiger partial charge is 0.0940 e. The molecular formula is C16H25NO2. The Morgan fingerprint density at radius 2 is 2.00 bits per heavy atom. The molecule has 1 aliphatic heterocycles. The van der Waals surface area contributed by atoms with E-state index in [1.54, 1.807) is 0 Å². The van der Waals surface area contributed by atoms with Gasteiger partial charge in [0.25, 0.3) is 0 Å². The summed E-state index contributed by atoms with van der Waals surface area (Å²) < 4.78 is 11.8. The zero-order chi connectivity index (χ0) is 13.9. The highest BCUT2D eigenvalue weighted by atomic mass is 16.5. The van der Waals surface area contributed by atoms with Crippen molar-refractivity contribution in [2.45, 2.75) is 46.0 Å². The summed E-state index contributed by atoms with van der Waals surface area (Å²) in [6, 6.07) is 6.35. The average molecular weight is 263 g/mol. The Kier molecular flexibility index (Phi) is 4.61. The molecule has 1 heterocycles. The van der Waals surface area contributed by atoms with Crippen molar-refractivity contribution in [3.05, 3.63) is 34.9 Å². The van der Waals surface area contributed by atoms with Crippen LogP contribution in [0.4, 0.5) is 0 Å². The first-order valence-corrected chi connectivity index (χ1v) is 6.99. The van der Waals surface area contributed by atoms with Gasteiger partial charge in [0.1, 0.15) is 0 Å². The highest BCUT2D eigenvalue weighted by Gasteiger charge is 2.28. The molecule has 1 atom stereocenters. The first-order valence-electron chi connectivity index (χ1n) is 6.99. The topological polar surface area (TPSA) is 30.5 Å². The molecule has 1 aromatic carbocycles. The predicted octanol–water partition coefficient (Wildman–Crippen LogP) is 2.59. The van der Waals surface area contributed by atoms with E-state index in [1.165, 1.54) is 16.7 Å². The van der Waals surface area contributed by atoms with Crippen molar-refractivity contribution in [2.24, 2.45) is 0 Å². The fourth-order valence-electron chi connectivity index (χ4n) is 2.53. The third kappa shape index (κ3) is 4.03. The normalized spacial score (nSPS) is 22.4. The largest absolute Gasteiger partial charge is 0.374 e. The van der Waals surface area contributed by atoms with Gasteiger partial charge in [-0.05, 0) is 44.4 Å². The second-order valence-corrected chi connectivity index (χ2v) is 6.02.